The molecular weight excluding hydrogens is 308 g/mol. The summed E-state index contributed by atoms with van der Waals surface area (Å²) in [7, 11) is 0. The van der Waals surface area contributed by atoms with Crippen LogP contribution in [0.4, 0.5) is 5.69 Å². The maximum Gasteiger partial charge on any atom is 0.238 e. The SMILES string of the molecule is CC(C)COCCNCC(=O)Nc1ccc(Br)cc1. The van der Waals surface area contributed by atoms with E-state index in [9.17, 15) is 4.79 Å². The Morgan fingerprint density at radius 2 is 2.00 bits per heavy atom. The number of amides is 1. The lowest BCUT2D eigenvalue weighted by Crippen LogP contribution is -2.30. The van der Waals surface area contributed by atoms with Crippen LogP contribution in [0.3, 0.4) is 0 Å². The molecule has 0 aliphatic rings. The first kappa shape index (κ1) is 16.1. The van der Waals surface area contributed by atoms with Crippen molar-refractivity contribution in [2.75, 3.05) is 31.6 Å². The number of hydrogen-bond donors (Lipinski definition) is 2. The number of hydrogen-bond acceptors (Lipinski definition) is 3. The third-order valence-electron chi connectivity index (χ3n) is 2.29. The molecule has 0 bridgehead atoms. The normalized spacial score (nSPS) is 10.7. The summed E-state index contributed by atoms with van der Waals surface area (Å²) in [6, 6.07) is 7.49. The first-order valence-electron chi connectivity index (χ1n) is 6.42. The Labute approximate surface area is 123 Å². The van der Waals surface area contributed by atoms with Crippen molar-refractivity contribution >= 4 is 27.5 Å². The molecule has 19 heavy (non-hydrogen) atoms. The molecule has 0 saturated carbocycles. The Morgan fingerprint density at radius 3 is 2.63 bits per heavy atom. The molecule has 0 fully saturated rings. The molecule has 0 aliphatic carbocycles. The van der Waals surface area contributed by atoms with Gasteiger partial charge in [-0.05, 0) is 30.2 Å². The van der Waals surface area contributed by atoms with Crippen molar-refractivity contribution in [3.8, 4) is 0 Å². The first-order chi connectivity index (χ1) is 9.08. The number of benzene rings is 1. The molecule has 0 unspecified atom stereocenters. The molecule has 0 aliphatic heterocycles. The second kappa shape index (κ2) is 9.07. The van der Waals surface area contributed by atoms with E-state index in [1.165, 1.54) is 0 Å². The van der Waals surface area contributed by atoms with Gasteiger partial charge < -0.3 is 15.4 Å². The fraction of sp³-hybridized carbons (Fsp3) is 0.500. The summed E-state index contributed by atoms with van der Waals surface area (Å²) in [6.07, 6.45) is 0. The fourth-order valence-electron chi connectivity index (χ4n) is 1.40. The summed E-state index contributed by atoms with van der Waals surface area (Å²) < 4.78 is 6.40. The van der Waals surface area contributed by atoms with Crippen LogP contribution in [0.15, 0.2) is 28.7 Å². The summed E-state index contributed by atoms with van der Waals surface area (Å²) in [6.45, 7) is 6.58. The topological polar surface area (TPSA) is 50.4 Å². The number of nitrogens with one attached hydrogen (secondary N) is 2. The Balaban J connectivity index is 2.09. The van der Waals surface area contributed by atoms with Gasteiger partial charge in [-0.15, -0.1) is 0 Å². The van der Waals surface area contributed by atoms with E-state index in [0.29, 0.717) is 25.6 Å². The minimum absolute atomic E-state index is 0.0498. The average Bonchev–Trinajstić information content (AvgIpc) is 2.36. The van der Waals surface area contributed by atoms with Gasteiger partial charge in [-0.1, -0.05) is 29.8 Å². The molecular formula is C14H21BrN2O2. The summed E-state index contributed by atoms with van der Waals surface area (Å²) >= 11 is 3.35. The van der Waals surface area contributed by atoms with E-state index in [4.69, 9.17) is 4.74 Å². The third kappa shape index (κ3) is 7.97. The van der Waals surface area contributed by atoms with Crippen LogP contribution in [0.25, 0.3) is 0 Å². The van der Waals surface area contributed by atoms with Gasteiger partial charge in [-0.25, -0.2) is 0 Å². The predicted octanol–water partition coefficient (Wildman–Crippen LogP) is 2.65. The Hall–Kier alpha value is -0.910. The van der Waals surface area contributed by atoms with E-state index < -0.39 is 0 Å². The Morgan fingerprint density at radius 1 is 1.32 bits per heavy atom. The quantitative estimate of drug-likeness (QED) is 0.721. The van der Waals surface area contributed by atoms with Gasteiger partial charge in [-0.3, -0.25) is 4.79 Å². The van der Waals surface area contributed by atoms with Gasteiger partial charge in [0.05, 0.1) is 13.2 Å². The van der Waals surface area contributed by atoms with Gasteiger partial charge in [-0.2, -0.15) is 0 Å². The molecule has 1 aromatic rings. The molecule has 2 N–H and O–H groups in total. The van der Waals surface area contributed by atoms with E-state index in [1.807, 2.05) is 24.3 Å². The molecule has 4 nitrogen and oxygen atoms in total. The van der Waals surface area contributed by atoms with Gasteiger partial charge in [0.15, 0.2) is 0 Å². The van der Waals surface area contributed by atoms with Crippen LogP contribution in [0, 0.1) is 5.92 Å². The molecule has 0 heterocycles. The standard InChI is InChI=1S/C14H21BrN2O2/c1-11(2)10-19-8-7-16-9-14(18)17-13-5-3-12(15)4-6-13/h3-6,11,16H,7-10H2,1-2H3,(H,17,18). The largest absolute Gasteiger partial charge is 0.380 e. The van der Waals surface area contributed by atoms with Crippen LogP contribution in [0.2, 0.25) is 0 Å². The molecule has 0 aromatic heterocycles. The van der Waals surface area contributed by atoms with Crippen LogP contribution in [-0.4, -0.2) is 32.2 Å². The van der Waals surface area contributed by atoms with Crippen LogP contribution < -0.4 is 10.6 Å². The average molecular weight is 329 g/mol. The van der Waals surface area contributed by atoms with Gasteiger partial charge in [0.2, 0.25) is 5.91 Å². The molecule has 0 radical (unpaired) electrons. The molecule has 0 saturated heterocycles. The molecule has 0 atom stereocenters. The highest BCUT2D eigenvalue weighted by Crippen LogP contribution is 2.13. The number of halogens is 1. The number of carbonyl (C=O) groups excluding carboxylic acids is 1. The molecule has 0 spiro atoms. The van der Waals surface area contributed by atoms with E-state index in [0.717, 1.165) is 16.8 Å². The maximum absolute atomic E-state index is 11.6. The zero-order valence-corrected chi connectivity index (χ0v) is 13.0. The van der Waals surface area contributed by atoms with Crippen LogP contribution >= 0.6 is 15.9 Å². The molecule has 1 rings (SSSR count). The zero-order chi connectivity index (χ0) is 14.1. The van der Waals surface area contributed by atoms with E-state index in [-0.39, 0.29) is 5.91 Å². The summed E-state index contributed by atoms with van der Waals surface area (Å²) in [5, 5.41) is 5.86. The lowest BCUT2D eigenvalue weighted by Gasteiger charge is -2.08. The smallest absolute Gasteiger partial charge is 0.238 e. The minimum Gasteiger partial charge on any atom is -0.380 e. The van der Waals surface area contributed by atoms with Crippen molar-refractivity contribution in [3.63, 3.8) is 0 Å². The van der Waals surface area contributed by atoms with E-state index >= 15 is 0 Å². The first-order valence-corrected chi connectivity index (χ1v) is 7.21. The molecule has 1 amide bonds. The summed E-state index contributed by atoms with van der Waals surface area (Å²) in [5.41, 5.74) is 0.797. The highest BCUT2D eigenvalue weighted by Gasteiger charge is 2.01. The molecule has 106 valence electrons. The fourth-order valence-corrected chi connectivity index (χ4v) is 1.67. The monoisotopic (exact) mass is 328 g/mol. The van der Waals surface area contributed by atoms with E-state index in [2.05, 4.69) is 40.4 Å². The minimum atomic E-state index is -0.0498. The van der Waals surface area contributed by atoms with Crippen LogP contribution in [-0.2, 0) is 9.53 Å². The summed E-state index contributed by atoms with van der Waals surface area (Å²) in [4.78, 5) is 11.6. The van der Waals surface area contributed by atoms with Crippen molar-refractivity contribution in [3.05, 3.63) is 28.7 Å². The van der Waals surface area contributed by atoms with Crippen molar-refractivity contribution in [1.29, 1.82) is 0 Å². The molecule has 5 heteroatoms. The van der Waals surface area contributed by atoms with Crippen molar-refractivity contribution in [1.82, 2.24) is 5.32 Å². The van der Waals surface area contributed by atoms with Gasteiger partial charge in [0.1, 0.15) is 0 Å². The Bertz CT molecular complexity index is 380. The number of ether oxygens (including phenoxy) is 1. The lowest BCUT2D eigenvalue weighted by molar-refractivity contribution is -0.115. The van der Waals surface area contributed by atoms with E-state index in [1.54, 1.807) is 0 Å². The number of carbonyl (C=O) groups is 1. The predicted molar refractivity (Wildman–Crippen MR) is 81.3 cm³/mol. The zero-order valence-electron chi connectivity index (χ0n) is 11.4. The number of rotatable bonds is 8. The second-order valence-electron chi connectivity index (χ2n) is 4.70. The highest BCUT2D eigenvalue weighted by atomic mass is 79.9. The third-order valence-corrected chi connectivity index (χ3v) is 2.82. The van der Waals surface area contributed by atoms with Gasteiger partial charge in [0.25, 0.3) is 0 Å². The van der Waals surface area contributed by atoms with Crippen LogP contribution in [0.5, 0.6) is 0 Å². The summed E-state index contributed by atoms with van der Waals surface area (Å²) in [5.74, 6) is 0.492. The maximum atomic E-state index is 11.6. The highest BCUT2D eigenvalue weighted by molar-refractivity contribution is 9.10. The number of anilines is 1. The molecule has 1 aromatic carbocycles. The van der Waals surface area contributed by atoms with Crippen LogP contribution in [0.1, 0.15) is 13.8 Å². The van der Waals surface area contributed by atoms with Gasteiger partial charge in [0, 0.05) is 23.3 Å². The van der Waals surface area contributed by atoms with Gasteiger partial charge >= 0.3 is 0 Å². The lowest BCUT2D eigenvalue weighted by atomic mass is 10.2. The van der Waals surface area contributed by atoms with Crippen molar-refractivity contribution in [2.45, 2.75) is 13.8 Å². The van der Waals surface area contributed by atoms with Crippen molar-refractivity contribution < 1.29 is 9.53 Å². The second-order valence-corrected chi connectivity index (χ2v) is 5.62. The van der Waals surface area contributed by atoms with Crippen molar-refractivity contribution in [2.24, 2.45) is 5.92 Å². The Kier molecular flexibility index (Phi) is 7.70.